The fraction of sp³-hybridized carbons (Fsp3) is 0.182. The number of anilines is 1. The fourth-order valence-corrected chi connectivity index (χ4v) is 1.11. The molecule has 0 saturated heterocycles. The number of halogens is 1. The number of nitrogens with zero attached hydrogens (tertiary/aromatic N) is 1. The molecule has 0 aromatic heterocycles. The lowest BCUT2D eigenvalue weighted by Crippen LogP contribution is -2.07. The Morgan fingerprint density at radius 1 is 1.50 bits per heavy atom. The van der Waals surface area contributed by atoms with Gasteiger partial charge in [-0.25, -0.2) is 0 Å². The molecule has 1 aromatic carbocycles. The average molecular weight is 209 g/mol. The van der Waals surface area contributed by atoms with Gasteiger partial charge < -0.3 is 5.32 Å². The zero-order valence-electron chi connectivity index (χ0n) is 8.13. The standard InChI is InChI=1S/C11H13ClN2/c1-3-8-13-9(2)14-11-6-4-10(12)5-7-11/h3-7H,1,8H2,2H3,(H,13,14). The van der Waals surface area contributed by atoms with E-state index in [0.717, 1.165) is 16.5 Å². The van der Waals surface area contributed by atoms with Crippen molar-refractivity contribution in [3.63, 3.8) is 0 Å². The van der Waals surface area contributed by atoms with E-state index in [4.69, 9.17) is 11.6 Å². The van der Waals surface area contributed by atoms with Gasteiger partial charge in [0.2, 0.25) is 0 Å². The summed E-state index contributed by atoms with van der Waals surface area (Å²) in [5.41, 5.74) is 0.986. The van der Waals surface area contributed by atoms with Gasteiger partial charge in [-0.15, -0.1) is 6.58 Å². The lowest BCUT2D eigenvalue weighted by Gasteiger charge is -2.04. The molecular weight excluding hydrogens is 196 g/mol. The van der Waals surface area contributed by atoms with E-state index in [1.54, 1.807) is 6.08 Å². The molecule has 3 heteroatoms. The summed E-state index contributed by atoms with van der Waals surface area (Å²) in [6, 6.07) is 7.50. The summed E-state index contributed by atoms with van der Waals surface area (Å²) >= 11 is 5.76. The van der Waals surface area contributed by atoms with Crippen LogP contribution in [-0.2, 0) is 0 Å². The van der Waals surface area contributed by atoms with Crippen molar-refractivity contribution in [2.45, 2.75) is 6.92 Å². The predicted molar refractivity (Wildman–Crippen MR) is 63.2 cm³/mol. The number of benzene rings is 1. The Morgan fingerprint density at radius 3 is 2.71 bits per heavy atom. The summed E-state index contributed by atoms with van der Waals surface area (Å²) in [6.07, 6.45) is 1.76. The third-order valence-corrected chi connectivity index (χ3v) is 1.88. The number of nitrogens with one attached hydrogen (secondary N) is 1. The first-order valence-corrected chi connectivity index (χ1v) is 4.74. The van der Waals surface area contributed by atoms with Gasteiger partial charge in [-0.2, -0.15) is 0 Å². The lowest BCUT2D eigenvalue weighted by atomic mass is 10.3. The number of hydrogen-bond acceptors (Lipinski definition) is 1. The van der Waals surface area contributed by atoms with Crippen LogP contribution in [0.3, 0.4) is 0 Å². The highest BCUT2D eigenvalue weighted by atomic mass is 35.5. The van der Waals surface area contributed by atoms with Gasteiger partial charge >= 0.3 is 0 Å². The Bertz CT molecular complexity index is 328. The molecule has 1 aromatic rings. The van der Waals surface area contributed by atoms with Crippen LogP contribution in [0, 0.1) is 0 Å². The van der Waals surface area contributed by atoms with Crippen LogP contribution in [0.25, 0.3) is 0 Å². The number of amidine groups is 1. The van der Waals surface area contributed by atoms with Crippen molar-refractivity contribution in [2.75, 3.05) is 11.9 Å². The maximum absolute atomic E-state index is 5.76. The lowest BCUT2D eigenvalue weighted by molar-refractivity contribution is 1.23. The summed E-state index contributed by atoms with van der Waals surface area (Å²) in [5, 5.41) is 3.88. The smallest absolute Gasteiger partial charge is 0.0979 e. The molecule has 0 amide bonds. The molecule has 0 radical (unpaired) electrons. The highest BCUT2D eigenvalue weighted by Crippen LogP contribution is 2.13. The van der Waals surface area contributed by atoms with Crippen molar-refractivity contribution in [3.05, 3.63) is 41.9 Å². The van der Waals surface area contributed by atoms with Crippen LogP contribution in [-0.4, -0.2) is 12.4 Å². The molecule has 14 heavy (non-hydrogen) atoms. The second-order valence-electron chi connectivity index (χ2n) is 2.85. The maximum atomic E-state index is 5.76. The highest BCUT2D eigenvalue weighted by Gasteiger charge is 1.92. The SMILES string of the molecule is C=CCN=C(C)Nc1ccc(Cl)cc1. The Balaban J connectivity index is 2.60. The monoisotopic (exact) mass is 208 g/mol. The van der Waals surface area contributed by atoms with E-state index in [9.17, 15) is 0 Å². The first-order valence-electron chi connectivity index (χ1n) is 4.37. The molecule has 0 aliphatic carbocycles. The Labute approximate surface area is 89.3 Å². The third kappa shape index (κ3) is 3.62. The summed E-state index contributed by atoms with van der Waals surface area (Å²) in [6.45, 7) is 6.15. The van der Waals surface area contributed by atoms with Crippen molar-refractivity contribution in [1.29, 1.82) is 0 Å². The molecule has 0 bridgehead atoms. The van der Waals surface area contributed by atoms with E-state index in [1.807, 2.05) is 31.2 Å². The summed E-state index contributed by atoms with van der Waals surface area (Å²) in [7, 11) is 0. The molecule has 0 aliphatic heterocycles. The molecular formula is C11H13ClN2. The van der Waals surface area contributed by atoms with Crippen LogP contribution in [0.1, 0.15) is 6.92 Å². The van der Waals surface area contributed by atoms with Crippen molar-refractivity contribution in [3.8, 4) is 0 Å². The van der Waals surface area contributed by atoms with Gasteiger partial charge in [-0.05, 0) is 31.2 Å². The zero-order valence-corrected chi connectivity index (χ0v) is 8.88. The van der Waals surface area contributed by atoms with Crippen LogP contribution in [0.5, 0.6) is 0 Å². The molecule has 1 rings (SSSR count). The highest BCUT2D eigenvalue weighted by molar-refractivity contribution is 6.30. The predicted octanol–water partition coefficient (Wildman–Crippen LogP) is 3.36. The second kappa shape index (κ2) is 5.45. The minimum absolute atomic E-state index is 0.631. The first-order chi connectivity index (χ1) is 6.72. The third-order valence-electron chi connectivity index (χ3n) is 1.63. The topological polar surface area (TPSA) is 24.4 Å². The average Bonchev–Trinajstić information content (AvgIpc) is 2.18. The Kier molecular flexibility index (Phi) is 4.20. The quantitative estimate of drug-likeness (QED) is 0.460. The molecule has 0 aliphatic rings. The van der Waals surface area contributed by atoms with Crippen molar-refractivity contribution >= 4 is 23.1 Å². The van der Waals surface area contributed by atoms with Gasteiger partial charge in [0.05, 0.1) is 12.4 Å². The van der Waals surface area contributed by atoms with E-state index < -0.39 is 0 Å². The number of aliphatic imine (C=N–C) groups is 1. The van der Waals surface area contributed by atoms with Crippen molar-refractivity contribution in [2.24, 2.45) is 4.99 Å². The van der Waals surface area contributed by atoms with E-state index in [1.165, 1.54) is 0 Å². The summed E-state index contributed by atoms with van der Waals surface area (Å²) in [4.78, 5) is 4.21. The minimum atomic E-state index is 0.631. The first kappa shape index (κ1) is 10.8. The molecule has 0 saturated carbocycles. The molecule has 0 heterocycles. The molecule has 1 N–H and O–H groups in total. The van der Waals surface area contributed by atoms with Gasteiger partial charge in [0.1, 0.15) is 0 Å². The molecule has 0 atom stereocenters. The molecule has 0 unspecified atom stereocenters. The largest absolute Gasteiger partial charge is 0.344 e. The van der Waals surface area contributed by atoms with Crippen molar-refractivity contribution < 1.29 is 0 Å². The summed E-state index contributed by atoms with van der Waals surface area (Å²) in [5.74, 6) is 0.868. The van der Waals surface area contributed by atoms with Crippen molar-refractivity contribution in [1.82, 2.24) is 0 Å². The Morgan fingerprint density at radius 2 is 2.14 bits per heavy atom. The fourth-order valence-electron chi connectivity index (χ4n) is 0.983. The van der Waals surface area contributed by atoms with Gasteiger partial charge in [0.15, 0.2) is 0 Å². The van der Waals surface area contributed by atoms with E-state index in [-0.39, 0.29) is 0 Å². The van der Waals surface area contributed by atoms with Gasteiger partial charge in [-0.1, -0.05) is 17.7 Å². The van der Waals surface area contributed by atoms with Gasteiger partial charge in [0.25, 0.3) is 0 Å². The minimum Gasteiger partial charge on any atom is -0.344 e. The van der Waals surface area contributed by atoms with E-state index in [0.29, 0.717) is 6.54 Å². The van der Waals surface area contributed by atoms with Crippen LogP contribution in [0.4, 0.5) is 5.69 Å². The van der Waals surface area contributed by atoms with E-state index >= 15 is 0 Å². The van der Waals surface area contributed by atoms with E-state index in [2.05, 4.69) is 16.9 Å². The van der Waals surface area contributed by atoms with Crippen LogP contribution < -0.4 is 5.32 Å². The molecule has 2 nitrogen and oxygen atoms in total. The molecule has 0 spiro atoms. The Hall–Kier alpha value is -1.28. The summed E-state index contributed by atoms with van der Waals surface area (Å²) < 4.78 is 0. The van der Waals surface area contributed by atoms with Gasteiger partial charge in [-0.3, -0.25) is 4.99 Å². The molecule has 74 valence electrons. The normalized spacial score (nSPS) is 11.1. The number of hydrogen-bond donors (Lipinski definition) is 1. The van der Waals surface area contributed by atoms with Crippen LogP contribution in [0.15, 0.2) is 41.9 Å². The van der Waals surface area contributed by atoms with Crippen LogP contribution in [0.2, 0.25) is 5.02 Å². The zero-order chi connectivity index (χ0) is 10.4. The number of rotatable bonds is 3. The maximum Gasteiger partial charge on any atom is 0.0979 e. The second-order valence-corrected chi connectivity index (χ2v) is 3.28. The molecule has 0 fully saturated rings. The van der Waals surface area contributed by atoms with Crippen LogP contribution >= 0.6 is 11.6 Å². The van der Waals surface area contributed by atoms with Gasteiger partial charge in [0, 0.05) is 10.7 Å².